The summed E-state index contributed by atoms with van der Waals surface area (Å²) in [6, 6.07) is 10.6. The molecule has 0 radical (unpaired) electrons. The molecule has 1 aromatic carbocycles. The highest BCUT2D eigenvalue weighted by Crippen LogP contribution is 2.11. The molecule has 1 aliphatic rings. The number of nitrogens with zero attached hydrogens (tertiary/aromatic N) is 1. The number of aromatic nitrogens is 1. The van der Waals surface area contributed by atoms with Crippen molar-refractivity contribution in [2.24, 2.45) is 0 Å². The summed E-state index contributed by atoms with van der Waals surface area (Å²) in [5.41, 5.74) is 0. The van der Waals surface area contributed by atoms with Crippen LogP contribution in [-0.2, 0) is 11.3 Å². The van der Waals surface area contributed by atoms with Crippen molar-refractivity contribution in [2.75, 3.05) is 6.61 Å². The lowest BCUT2D eigenvalue weighted by Crippen LogP contribution is -2.35. The monoisotopic (exact) mass is 186 g/mol. The fraction of sp³-hybridized carbons (Fsp3) is 0.250. The first kappa shape index (κ1) is 7.94. The lowest BCUT2D eigenvalue weighted by molar-refractivity contribution is -0.696. The summed E-state index contributed by atoms with van der Waals surface area (Å²) >= 11 is 0. The topological polar surface area (TPSA) is 16.4 Å². The molecule has 3 rings (SSSR count). The summed E-state index contributed by atoms with van der Waals surface area (Å²) in [6.45, 7) is 1.89. The van der Waals surface area contributed by atoms with Gasteiger partial charge in [-0.3, -0.25) is 0 Å². The fourth-order valence-corrected chi connectivity index (χ4v) is 1.70. The van der Waals surface area contributed by atoms with E-state index in [4.69, 9.17) is 4.74 Å². The Hall–Kier alpha value is -1.41. The van der Waals surface area contributed by atoms with E-state index < -0.39 is 0 Å². The van der Waals surface area contributed by atoms with Crippen LogP contribution in [0.15, 0.2) is 42.7 Å². The molecule has 0 amide bonds. The molecule has 1 aliphatic heterocycles. The van der Waals surface area contributed by atoms with E-state index >= 15 is 0 Å². The second kappa shape index (κ2) is 3.07. The van der Waals surface area contributed by atoms with E-state index in [0.29, 0.717) is 6.10 Å². The van der Waals surface area contributed by atoms with Gasteiger partial charge in [-0.2, -0.15) is 0 Å². The van der Waals surface area contributed by atoms with Crippen LogP contribution < -0.4 is 4.57 Å². The lowest BCUT2D eigenvalue weighted by atomic mass is 10.2. The van der Waals surface area contributed by atoms with Gasteiger partial charge >= 0.3 is 0 Å². The van der Waals surface area contributed by atoms with Crippen molar-refractivity contribution in [1.82, 2.24) is 0 Å². The Morgan fingerprint density at radius 1 is 1.21 bits per heavy atom. The van der Waals surface area contributed by atoms with Gasteiger partial charge in [-0.15, -0.1) is 0 Å². The van der Waals surface area contributed by atoms with E-state index in [0.717, 1.165) is 13.2 Å². The summed E-state index contributed by atoms with van der Waals surface area (Å²) < 4.78 is 7.40. The molecule has 14 heavy (non-hydrogen) atoms. The van der Waals surface area contributed by atoms with E-state index in [1.165, 1.54) is 10.8 Å². The third-order valence-corrected chi connectivity index (χ3v) is 2.56. The van der Waals surface area contributed by atoms with Gasteiger partial charge in [0.15, 0.2) is 18.9 Å². The Bertz CT molecular complexity index is 463. The summed E-state index contributed by atoms with van der Waals surface area (Å²) in [7, 11) is 0. The zero-order valence-electron chi connectivity index (χ0n) is 7.89. The van der Waals surface area contributed by atoms with E-state index in [2.05, 4.69) is 47.3 Å². The number of ether oxygens (including phenoxy) is 1. The van der Waals surface area contributed by atoms with Crippen molar-refractivity contribution in [3.05, 3.63) is 42.7 Å². The highest BCUT2D eigenvalue weighted by Gasteiger charge is 2.26. The van der Waals surface area contributed by atoms with Crippen molar-refractivity contribution in [2.45, 2.75) is 12.6 Å². The van der Waals surface area contributed by atoms with Crippen molar-refractivity contribution < 1.29 is 9.30 Å². The van der Waals surface area contributed by atoms with Crippen molar-refractivity contribution in [3.63, 3.8) is 0 Å². The molecule has 2 heteroatoms. The molecule has 70 valence electrons. The van der Waals surface area contributed by atoms with Gasteiger partial charge in [0.1, 0.15) is 6.10 Å². The number of fused-ring (bicyclic) bond motifs is 1. The molecule has 2 nitrogen and oxygen atoms in total. The smallest absolute Gasteiger partial charge is 0.176 e. The Balaban J connectivity index is 2.01. The maximum absolute atomic E-state index is 5.20. The second-order valence-corrected chi connectivity index (χ2v) is 3.73. The van der Waals surface area contributed by atoms with Crippen LogP contribution in [0.2, 0.25) is 0 Å². The predicted octanol–water partition coefficient (Wildman–Crippen LogP) is 1.53. The van der Waals surface area contributed by atoms with Crippen LogP contribution in [0.25, 0.3) is 10.8 Å². The first-order chi connectivity index (χ1) is 6.92. The molecule has 0 saturated carbocycles. The van der Waals surface area contributed by atoms with Gasteiger partial charge in [0, 0.05) is 11.5 Å². The normalized spacial score (nSPS) is 19.9. The van der Waals surface area contributed by atoms with Crippen LogP contribution in [0.4, 0.5) is 0 Å². The minimum absolute atomic E-state index is 0.446. The van der Waals surface area contributed by atoms with E-state index in [1.54, 1.807) is 0 Å². The fourth-order valence-electron chi connectivity index (χ4n) is 1.70. The summed E-state index contributed by atoms with van der Waals surface area (Å²) in [4.78, 5) is 0. The standard InChI is InChI=1S/C12H12NO/c1-2-4-11-7-13(8-12-9-14-12)6-5-10(11)3-1/h1-7,12H,8-9H2/q+1. The minimum atomic E-state index is 0.446. The van der Waals surface area contributed by atoms with E-state index in [9.17, 15) is 0 Å². The Morgan fingerprint density at radius 3 is 2.79 bits per heavy atom. The van der Waals surface area contributed by atoms with Gasteiger partial charge in [0.25, 0.3) is 0 Å². The number of rotatable bonds is 2. The van der Waals surface area contributed by atoms with Gasteiger partial charge in [-0.1, -0.05) is 18.2 Å². The highest BCUT2D eigenvalue weighted by molar-refractivity contribution is 5.80. The van der Waals surface area contributed by atoms with Gasteiger partial charge in [0.2, 0.25) is 0 Å². The average molecular weight is 186 g/mol. The Kier molecular flexibility index (Phi) is 1.74. The van der Waals surface area contributed by atoms with Gasteiger partial charge < -0.3 is 4.74 Å². The Morgan fingerprint density at radius 2 is 2.00 bits per heavy atom. The number of benzene rings is 1. The van der Waals surface area contributed by atoms with Crippen LogP contribution in [0, 0.1) is 0 Å². The molecule has 2 aromatic rings. The third kappa shape index (κ3) is 1.49. The molecule has 1 aromatic heterocycles. The third-order valence-electron chi connectivity index (χ3n) is 2.56. The first-order valence-electron chi connectivity index (χ1n) is 4.91. The second-order valence-electron chi connectivity index (χ2n) is 3.73. The maximum Gasteiger partial charge on any atom is 0.176 e. The number of pyridine rings is 1. The number of epoxide rings is 1. The van der Waals surface area contributed by atoms with Crippen LogP contribution in [0.3, 0.4) is 0 Å². The summed E-state index contributed by atoms with van der Waals surface area (Å²) in [5, 5.41) is 2.58. The molecule has 1 atom stereocenters. The molecule has 0 bridgehead atoms. The van der Waals surface area contributed by atoms with Crippen molar-refractivity contribution >= 4 is 10.8 Å². The van der Waals surface area contributed by atoms with Crippen LogP contribution >= 0.6 is 0 Å². The van der Waals surface area contributed by atoms with Gasteiger partial charge in [0.05, 0.1) is 6.61 Å². The predicted molar refractivity (Wildman–Crippen MR) is 53.9 cm³/mol. The van der Waals surface area contributed by atoms with E-state index in [1.807, 2.05) is 0 Å². The molecular formula is C12H12NO+. The zero-order valence-corrected chi connectivity index (χ0v) is 7.89. The van der Waals surface area contributed by atoms with Crippen LogP contribution in [-0.4, -0.2) is 12.7 Å². The average Bonchev–Trinajstić information content (AvgIpc) is 3.02. The highest BCUT2D eigenvalue weighted by atomic mass is 16.6. The molecule has 1 fully saturated rings. The minimum Gasteiger partial charge on any atom is -0.366 e. The van der Waals surface area contributed by atoms with Crippen molar-refractivity contribution in [1.29, 1.82) is 0 Å². The van der Waals surface area contributed by atoms with Gasteiger partial charge in [-0.25, -0.2) is 4.57 Å². The molecule has 1 unspecified atom stereocenters. The molecule has 0 aliphatic carbocycles. The lowest BCUT2D eigenvalue weighted by Gasteiger charge is -1.96. The zero-order chi connectivity index (χ0) is 9.38. The van der Waals surface area contributed by atoms with Crippen LogP contribution in [0.5, 0.6) is 0 Å². The molecule has 0 N–H and O–H groups in total. The van der Waals surface area contributed by atoms with Gasteiger partial charge in [-0.05, 0) is 11.5 Å². The van der Waals surface area contributed by atoms with E-state index in [-0.39, 0.29) is 0 Å². The van der Waals surface area contributed by atoms with Crippen LogP contribution in [0.1, 0.15) is 0 Å². The maximum atomic E-state index is 5.20. The SMILES string of the molecule is c1ccc2c[n+](CC3CO3)ccc2c1. The quantitative estimate of drug-likeness (QED) is 0.513. The molecule has 2 heterocycles. The Labute approximate surface area is 82.7 Å². The largest absolute Gasteiger partial charge is 0.366 e. The number of hydrogen-bond donors (Lipinski definition) is 0. The first-order valence-corrected chi connectivity index (χ1v) is 4.91. The molecule has 1 saturated heterocycles. The molecule has 0 spiro atoms. The summed E-state index contributed by atoms with van der Waals surface area (Å²) in [5.74, 6) is 0. The molecular weight excluding hydrogens is 174 g/mol. The number of hydrogen-bond acceptors (Lipinski definition) is 1. The van der Waals surface area contributed by atoms with Crippen molar-refractivity contribution in [3.8, 4) is 0 Å². The summed E-state index contributed by atoms with van der Waals surface area (Å²) in [6.07, 6.45) is 4.74.